The molecule has 190 valence electrons. The molecule has 1 amide bonds. The zero-order valence-corrected chi connectivity index (χ0v) is 21.5. The summed E-state index contributed by atoms with van der Waals surface area (Å²) in [6, 6.07) is 18.7. The lowest BCUT2D eigenvalue weighted by Gasteiger charge is -2.25. The molecule has 2 fully saturated rings. The predicted octanol–water partition coefficient (Wildman–Crippen LogP) is 4.94. The summed E-state index contributed by atoms with van der Waals surface area (Å²) >= 11 is 0. The van der Waals surface area contributed by atoms with Crippen molar-refractivity contribution in [1.29, 1.82) is 0 Å². The number of para-hydroxylation sites is 1. The Balaban J connectivity index is 1.34. The van der Waals surface area contributed by atoms with Crippen LogP contribution in [0.4, 0.5) is 5.82 Å². The van der Waals surface area contributed by atoms with Crippen molar-refractivity contribution in [2.45, 2.75) is 45.4 Å². The molecule has 2 aliphatic rings. The van der Waals surface area contributed by atoms with Crippen molar-refractivity contribution in [3.05, 3.63) is 77.7 Å². The van der Waals surface area contributed by atoms with Gasteiger partial charge in [-0.05, 0) is 43.9 Å². The molecule has 0 spiro atoms. The summed E-state index contributed by atoms with van der Waals surface area (Å²) in [5.41, 5.74) is 4.23. The molecular formula is C30H34N6O. The highest BCUT2D eigenvalue weighted by Gasteiger charge is 2.29. The molecule has 0 bridgehead atoms. The van der Waals surface area contributed by atoms with Crippen LogP contribution in [0.25, 0.3) is 16.7 Å². The Morgan fingerprint density at radius 3 is 2.46 bits per heavy atom. The Hall–Kier alpha value is -3.74. The fourth-order valence-corrected chi connectivity index (χ4v) is 5.68. The molecule has 1 aliphatic carbocycles. The lowest BCUT2D eigenvalue weighted by Crippen LogP contribution is -2.38. The topological polar surface area (TPSA) is 67.2 Å². The van der Waals surface area contributed by atoms with Gasteiger partial charge >= 0.3 is 0 Å². The van der Waals surface area contributed by atoms with Gasteiger partial charge in [-0.1, -0.05) is 60.9 Å². The van der Waals surface area contributed by atoms with Crippen molar-refractivity contribution in [2.24, 2.45) is 5.92 Å². The Morgan fingerprint density at radius 2 is 1.68 bits per heavy atom. The van der Waals surface area contributed by atoms with Crippen LogP contribution < -0.4 is 4.90 Å². The summed E-state index contributed by atoms with van der Waals surface area (Å²) in [4.78, 5) is 27.6. The highest BCUT2D eigenvalue weighted by molar-refractivity contribution is 5.88. The average Bonchev–Trinajstić information content (AvgIpc) is 3.55. The quantitative estimate of drug-likeness (QED) is 0.393. The molecule has 37 heavy (non-hydrogen) atoms. The Bertz CT molecular complexity index is 1370. The molecule has 1 aliphatic heterocycles. The fourth-order valence-electron chi connectivity index (χ4n) is 5.68. The minimum absolute atomic E-state index is 0.225. The summed E-state index contributed by atoms with van der Waals surface area (Å²) in [6.45, 7) is 5.29. The number of fused-ring (bicyclic) bond motifs is 1. The summed E-state index contributed by atoms with van der Waals surface area (Å²) in [6.07, 6.45) is 7.95. The van der Waals surface area contributed by atoms with E-state index in [2.05, 4.69) is 41.0 Å². The summed E-state index contributed by atoms with van der Waals surface area (Å²) in [5, 5.41) is 5.67. The van der Waals surface area contributed by atoms with Gasteiger partial charge in [0.1, 0.15) is 11.6 Å². The zero-order chi connectivity index (χ0) is 25.2. The molecular weight excluding hydrogens is 460 g/mol. The molecule has 0 N–H and O–H groups in total. The second kappa shape index (κ2) is 10.3. The SMILES string of the molecule is Cc1ccc(Cc2nc(N3CCCN(C(=O)C4CCCC4)CC3)c3cnn(-c4ccccc4)c3n2)cc1. The number of anilines is 1. The molecule has 1 saturated heterocycles. The first-order chi connectivity index (χ1) is 18.2. The van der Waals surface area contributed by atoms with Crippen LogP contribution >= 0.6 is 0 Å². The average molecular weight is 495 g/mol. The predicted molar refractivity (Wildman–Crippen MR) is 146 cm³/mol. The van der Waals surface area contributed by atoms with E-state index in [1.54, 1.807) is 0 Å². The molecule has 2 aromatic heterocycles. The van der Waals surface area contributed by atoms with Gasteiger partial charge in [-0.15, -0.1) is 0 Å². The van der Waals surface area contributed by atoms with E-state index in [9.17, 15) is 4.79 Å². The Kier molecular flexibility index (Phi) is 6.60. The van der Waals surface area contributed by atoms with Gasteiger partial charge in [0.05, 0.1) is 17.3 Å². The number of hydrogen-bond donors (Lipinski definition) is 0. The number of nitrogens with zero attached hydrogens (tertiary/aromatic N) is 6. The van der Waals surface area contributed by atoms with E-state index in [0.717, 1.165) is 73.8 Å². The first-order valence-electron chi connectivity index (χ1n) is 13.5. The highest BCUT2D eigenvalue weighted by Crippen LogP contribution is 2.29. The van der Waals surface area contributed by atoms with Gasteiger partial charge in [0, 0.05) is 38.5 Å². The third-order valence-electron chi connectivity index (χ3n) is 7.75. The lowest BCUT2D eigenvalue weighted by molar-refractivity contribution is -0.135. The van der Waals surface area contributed by atoms with Crippen LogP contribution in [-0.4, -0.2) is 56.7 Å². The second-order valence-corrected chi connectivity index (χ2v) is 10.4. The van der Waals surface area contributed by atoms with E-state index in [4.69, 9.17) is 15.1 Å². The van der Waals surface area contributed by atoms with E-state index in [1.807, 2.05) is 41.2 Å². The fraction of sp³-hybridized carbons (Fsp3) is 0.400. The number of carbonyl (C=O) groups is 1. The third kappa shape index (κ3) is 4.95. The molecule has 4 aromatic rings. The minimum Gasteiger partial charge on any atom is -0.354 e. The monoisotopic (exact) mass is 494 g/mol. The number of carbonyl (C=O) groups excluding carboxylic acids is 1. The zero-order valence-electron chi connectivity index (χ0n) is 21.5. The van der Waals surface area contributed by atoms with Gasteiger partial charge in [-0.2, -0.15) is 5.10 Å². The van der Waals surface area contributed by atoms with Gasteiger partial charge < -0.3 is 9.80 Å². The Labute approximate surface area is 218 Å². The summed E-state index contributed by atoms with van der Waals surface area (Å²) < 4.78 is 1.91. The van der Waals surface area contributed by atoms with Crippen molar-refractivity contribution < 1.29 is 4.79 Å². The maximum atomic E-state index is 13.1. The van der Waals surface area contributed by atoms with Gasteiger partial charge in [-0.3, -0.25) is 4.79 Å². The van der Waals surface area contributed by atoms with Crippen LogP contribution in [0.5, 0.6) is 0 Å². The first-order valence-corrected chi connectivity index (χ1v) is 13.5. The first kappa shape index (κ1) is 23.6. The molecule has 0 atom stereocenters. The number of hydrogen-bond acceptors (Lipinski definition) is 5. The molecule has 6 rings (SSSR count). The summed E-state index contributed by atoms with van der Waals surface area (Å²) in [5.74, 6) is 2.28. The number of amides is 1. The molecule has 2 aromatic carbocycles. The normalized spacial score (nSPS) is 16.9. The van der Waals surface area contributed by atoms with Gasteiger partial charge in [-0.25, -0.2) is 14.6 Å². The van der Waals surface area contributed by atoms with Crippen molar-refractivity contribution in [1.82, 2.24) is 24.6 Å². The van der Waals surface area contributed by atoms with E-state index >= 15 is 0 Å². The van der Waals surface area contributed by atoms with Crippen LogP contribution in [0, 0.1) is 12.8 Å². The number of aryl methyl sites for hydroxylation is 1. The minimum atomic E-state index is 0.225. The van der Waals surface area contributed by atoms with Gasteiger partial charge in [0.15, 0.2) is 5.65 Å². The smallest absolute Gasteiger partial charge is 0.225 e. The standard InChI is InChI=1S/C30H34N6O/c1-22-12-14-23(15-13-22)20-27-32-28(26-21-31-36(29(26)33-27)25-10-3-2-4-11-25)34-16-7-17-35(19-18-34)30(37)24-8-5-6-9-24/h2-4,10-15,21,24H,5-9,16-20H2,1H3. The van der Waals surface area contributed by atoms with Gasteiger partial charge in [0.2, 0.25) is 5.91 Å². The third-order valence-corrected chi connectivity index (χ3v) is 7.75. The number of aromatic nitrogens is 4. The van der Waals surface area contributed by atoms with E-state index < -0.39 is 0 Å². The van der Waals surface area contributed by atoms with E-state index in [-0.39, 0.29) is 5.92 Å². The van der Waals surface area contributed by atoms with Gasteiger partial charge in [0.25, 0.3) is 0 Å². The number of rotatable bonds is 5. The van der Waals surface area contributed by atoms with E-state index in [1.165, 1.54) is 24.0 Å². The van der Waals surface area contributed by atoms with Crippen molar-refractivity contribution in [2.75, 3.05) is 31.1 Å². The summed E-state index contributed by atoms with van der Waals surface area (Å²) in [7, 11) is 0. The second-order valence-electron chi connectivity index (χ2n) is 10.4. The van der Waals surface area contributed by atoms with Crippen molar-refractivity contribution in [3.8, 4) is 5.69 Å². The lowest BCUT2D eigenvalue weighted by atomic mass is 10.1. The van der Waals surface area contributed by atoms with E-state index in [0.29, 0.717) is 12.3 Å². The van der Waals surface area contributed by atoms with Crippen LogP contribution in [0.15, 0.2) is 60.8 Å². The van der Waals surface area contributed by atoms with Crippen LogP contribution in [-0.2, 0) is 11.2 Å². The van der Waals surface area contributed by atoms with Crippen molar-refractivity contribution in [3.63, 3.8) is 0 Å². The molecule has 7 nitrogen and oxygen atoms in total. The van der Waals surface area contributed by atoms with Crippen LogP contribution in [0.2, 0.25) is 0 Å². The maximum absolute atomic E-state index is 13.1. The molecule has 7 heteroatoms. The molecule has 1 saturated carbocycles. The van der Waals surface area contributed by atoms with Crippen molar-refractivity contribution >= 4 is 22.8 Å². The Morgan fingerprint density at radius 1 is 0.892 bits per heavy atom. The van der Waals surface area contributed by atoms with Crippen LogP contribution in [0.1, 0.15) is 49.1 Å². The van der Waals surface area contributed by atoms with Crippen LogP contribution in [0.3, 0.4) is 0 Å². The maximum Gasteiger partial charge on any atom is 0.225 e. The largest absolute Gasteiger partial charge is 0.354 e. The molecule has 0 radical (unpaired) electrons. The highest BCUT2D eigenvalue weighted by atomic mass is 16.2. The number of benzene rings is 2. The molecule has 0 unspecified atom stereocenters. The molecule has 3 heterocycles.